The number of hydrogen-bond acceptors (Lipinski definition) is 5. The summed E-state index contributed by atoms with van der Waals surface area (Å²) < 4.78 is 12.9. The molecule has 1 fully saturated rings. The maximum atomic E-state index is 12.9. The lowest BCUT2D eigenvalue weighted by molar-refractivity contribution is 0.128. The van der Waals surface area contributed by atoms with Crippen molar-refractivity contribution in [2.75, 3.05) is 18.4 Å². The van der Waals surface area contributed by atoms with Gasteiger partial charge >= 0.3 is 0 Å². The van der Waals surface area contributed by atoms with Gasteiger partial charge in [0.25, 0.3) is 0 Å². The maximum absolute atomic E-state index is 12.9. The van der Waals surface area contributed by atoms with Crippen molar-refractivity contribution >= 4 is 5.82 Å². The summed E-state index contributed by atoms with van der Waals surface area (Å²) in [6.45, 7) is 1.45. The standard InChI is InChI=1S/C15H17FN4O/c16-11-3-1-10(2-4-11)12-5-6-15(20-19-12)18-13-7-8-17-9-14(13)21/h1-6,13-14,17,21H,7-9H2,(H,18,20)/t13-,14-/m1/s1. The molecule has 6 heteroatoms. The second-order valence-corrected chi connectivity index (χ2v) is 5.12. The second-order valence-electron chi connectivity index (χ2n) is 5.12. The minimum absolute atomic E-state index is 0.0165. The number of rotatable bonds is 3. The Balaban J connectivity index is 1.70. The van der Waals surface area contributed by atoms with Gasteiger partial charge in [-0.1, -0.05) is 0 Å². The zero-order valence-electron chi connectivity index (χ0n) is 11.5. The average Bonchev–Trinajstić information content (AvgIpc) is 2.51. The number of aliphatic hydroxyl groups excluding tert-OH is 1. The van der Waals surface area contributed by atoms with E-state index in [0.717, 1.165) is 18.5 Å². The van der Waals surface area contributed by atoms with Crippen molar-refractivity contribution < 1.29 is 9.50 Å². The molecule has 1 saturated heterocycles. The van der Waals surface area contributed by atoms with Crippen molar-refractivity contribution in [3.63, 3.8) is 0 Å². The van der Waals surface area contributed by atoms with Gasteiger partial charge in [0, 0.05) is 12.1 Å². The van der Waals surface area contributed by atoms with Crippen molar-refractivity contribution in [2.24, 2.45) is 0 Å². The number of piperidine rings is 1. The lowest BCUT2D eigenvalue weighted by atomic mass is 10.0. The van der Waals surface area contributed by atoms with E-state index in [0.29, 0.717) is 18.1 Å². The van der Waals surface area contributed by atoms with Gasteiger partial charge in [-0.05, 0) is 49.4 Å². The van der Waals surface area contributed by atoms with Crippen LogP contribution in [0.3, 0.4) is 0 Å². The zero-order chi connectivity index (χ0) is 14.7. The van der Waals surface area contributed by atoms with E-state index in [9.17, 15) is 9.50 Å². The molecule has 1 aromatic carbocycles. The number of halogens is 1. The number of aromatic nitrogens is 2. The lowest BCUT2D eigenvalue weighted by Gasteiger charge is -2.29. The summed E-state index contributed by atoms with van der Waals surface area (Å²) in [7, 11) is 0. The summed E-state index contributed by atoms with van der Waals surface area (Å²) in [5.41, 5.74) is 1.50. The zero-order valence-corrected chi connectivity index (χ0v) is 11.5. The van der Waals surface area contributed by atoms with E-state index >= 15 is 0 Å². The van der Waals surface area contributed by atoms with E-state index in [-0.39, 0.29) is 11.9 Å². The smallest absolute Gasteiger partial charge is 0.148 e. The number of β-amino-alcohol motifs (C(OH)–C–C–N with tert-alkyl or cyclic N) is 1. The third-order valence-electron chi connectivity index (χ3n) is 3.59. The Labute approximate surface area is 122 Å². The van der Waals surface area contributed by atoms with Gasteiger partial charge in [-0.3, -0.25) is 0 Å². The fourth-order valence-electron chi connectivity index (χ4n) is 2.38. The molecule has 0 saturated carbocycles. The molecular weight excluding hydrogens is 271 g/mol. The van der Waals surface area contributed by atoms with Crippen LogP contribution in [-0.2, 0) is 0 Å². The molecule has 0 amide bonds. The number of nitrogens with one attached hydrogen (secondary N) is 2. The van der Waals surface area contributed by atoms with Crippen LogP contribution < -0.4 is 10.6 Å². The number of aliphatic hydroxyl groups is 1. The van der Waals surface area contributed by atoms with Gasteiger partial charge in [0.15, 0.2) is 0 Å². The molecule has 0 radical (unpaired) electrons. The summed E-state index contributed by atoms with van der Waals surface area (Å²) >= 11 is 0. The minimum atomic E-state index is -0.433. The predicted octanol–water partition coefficient (Wildman–Crippen LogP) is 1.42. The van der Waals surface area contributed by atoms with Crippen molar-refractivity contribution in [3.8, 4) is 11.3 Å². The molecule has 3 rings (SSSR count). The molecule has 0 aliphatic carbocycles. The van der Waals surface area contributed by atoms with E-state index in [1.165, 1.54) is 12.1 Å². The second kappa shape index (κ2) is 6.15. The van der Waals surface area contributed by atoms with E-state index in [1.54, 1.807) is 12.1 Å². The molecule has 1 aliphatic rings. The van der Waals surface area contributed by atoms with Gasteiger partial charge in [-0.15, -0.1) is 10.2 Å². The summed E-state index contributed by atoms with van der Waals surface area (Å²) in [6, 6.07) is 9.77. The molecule has 2 atom stereocenters. The van der Waals surface area contributed by atoms with Crippen molar-refractivity contribution in [1.29, 1.82) is 0 Å². The molecule has 1 aliphatic heterocycles. The van der Waals surface area contributed by atoms with Gasteiger partial charge in [-0.2, -0.15) is 0 Å². The largest absolute Gasteiger partial charge is 0.390 e. The van der Waals surface area contributed by atoms with Crippen molar-refractivity contribution in [3.05, 3.63) is 42.2 Å². The summed E-state index contributed by atoms with van der Waals surface area (Å²) in [4.78, 5) is 0. The molecule has 0 spiro atoms. The van der Waals surface area contributed by atoms with Gasteiger partial charge in [-0.25, -0.2) is 4.39 Å². The fraction of sp³-hybridized carbons (Fsp3) is 0.333. The molecule has 5 nitrogen and oxygen atoms in total. The molecule has 2 aromatic rings. The molecule has 21 heavy (non-hydrogen) atoms. The summed E-state index contributed by atoms with van der Waals surface area (Å²) in [6.07, 6.45) is 0.403. The van der Waals surface area contributed by atoms with E-state index < -0.39 is 6.10 Å². The molecule has 1 aromatic heterocycles. The van der Waals surface area contributed by atoms with E-state index in [1.807, 2.05) is 12.1 Å². The molecule has 110 valence electrons. The van der Waals surface area contributed by atoms with Crippen molar-refractivity contribution in [1.82, 2.24) is 15.5 Å². The molecular formula is C15H17FN4O. The Morgan fingerprint density at radius 1 is 1.14 bits per heavy atom. The first-order valence-corrected chi connectivity index (χ1v) is 6.97. The number of anilines is 1. The lowest BCUT2D eigenvalue weighted by Crippen LogP contribution is -2.47. The van der Waals surface area contributed by atoms with Gasteiger partial charge in [0.1, 0.15) is 11.6 Å². The molecule has 3 N–H and O–H groups in total. The Morgan fingerprint density at radius 3 is 2.62 bits per heavy atom. The predicted molar refractivity (Wildman–Crippen MR) is 78.3 cm³/mol. The topological polar surface area (TPSA) is 70.1 Å². The molecule has 2 heterocycles. The minimum Gasteiger partial charge on any atom is -0.390 e. The maximum Gasteiger partial charge on any atom is 0.148 e. The van der Waals surface area contributed by atoms with Crippen LogP contribution in [0, 0.1) is 5.82 Å². The number of hydrogen-bond donors (Lipinski definition) is 3. The van der Waals surface area contributed by atoms with Crippen LogP contribution in [0.1, 0.15) is 6.42 Å². The average molecular weight is 288 g/mol. The number of nitrogens with zero attached hydrogens (tertiary/aromatic N) is 2. The van der Waals surface area contributed by atoms with E-state index in [2.05, 4.69) is 20.8 Å². The number of benzene rings is 1. The van der Waals surface area contributed by atoms with Crippen LogP contribution in [0.25, 0.3) is 11.3 Å². The van der Waals surface area contributed by atoms with E-state index in [4.69, 9.17) is 0 Å². The first kappa shape index (κ1) is 13.9. The van der Waals surface area contributed by atoms with Gasteiger partial charge in [0.2, 0.25) is 0 Å². The van der Waals surface area contributed by atoms with Crippen LogP contribution >= 0.6 is 0 Å². The Morgan fingerprint density at radius 2 is 1.95 bits per heavy atom. The summed E-state index contributed by atoms with van der Waals surface area (Å²) in [5.74, 6) is 0.358. The van der Waals surface area contributed by atoms with Crippen LogP contribution in [0.5, 0.6) is 0 Å². The Bertz CT molecular complexity index is 588. The van der Waals surface area contributed by atoms with Gasteiger partial charge < -0.3 is 15.7 Å². The Kier molecular flexibility index (Phi) is 4.08. The SMILES string of the molecule is O[C@@H]1CNCC[C@H]1Nc1ccc(-c2ccc(F)cc2)nn1. The highest BCUT2D eigenvalue weighted by atomic mass is 19.1. The molecule has 0 unspecified atom stereocenters. The van der Waals surface area contributed by atoms with Crippen LogP contribution in [0.4, 0.5) is 10.2 Å². The quantitative estimate of drug-likeness (QED) is 0.797. The normalized spacial score (nSPS) is 22.0. The molecule has 0 bridgehead atoms. The van der Waals surface area contributed by atoms with Gasteiger partial charge in [0.05, 0.1) is 17.8 Å². The Hall–Kier alpha value is -2.05. The first-order chi connectivity index (χ1) is 10.2. The first-order valence-electron chi connectivity index (χ1n) is 6.97. The van der Waals surface area contributed by atoms with Crippen LogP contribution in [-0.4, -0.2) is 40.5 Å². The monoisotopic (exact) mass is 288 g/mol. The highest BCUT2D eigenvalue weighted by Gasteiger charge is 2.22. The third kappa shape index (κ3) is 3.34. The highest BCUT2D eigenvalue weighted by molar-refractivity contribution is 5.59. The van der Waals surface area contributed by atoms with Crippen molar-refractivity contribution in [2.45, 2.75) is 18.6 Å². The third-order valence-corrected chi connectivity index (χ3v) is 3.59. The fourth-order valence-corrected chi connectivity index (χ4v) is 2.38. The van der Waals surface area contributed by atoms with Crippen LogP contribution in [0.15, 0.2) is 36.4 Å². The van der Waals surface area contributed by atoms with Crippen LogP contribution in [0.2, 0.25) is 0 Å². The summed E-state index contributed by atoms with van der Waals surface area (Å²) in [5, 5.41) is 24.5. The highest BCUT2D eigenvalue weighted by Crippen LogP contribution is 2.18.